The highest BCUT2D eigenvalue weighted by Gasteiger charge is 1.98. The molecule has 12 heavy (non-hydrogen) atoms. The van der Waals surface area contributed by atoms with Crippen LogP contribution in [-0.2, 0) is 6.54 Å². The van der Waals surface area contributed by atoms with Crippen molar-refractivity contribution in [2.75, 3.05) is 12.3 Å². The van der Waals surface area contributed by atoms with Crippen molar-refractivity contribution in [2.45, 2.75) is 20.4 Å². The Morgan fingerprint density at radius 3 is 2.92 bits per heavy atom. The fraction of sp³-hybridized carbons (Fsp3) is 0.444. The Labute approximate surface area is 73.0 Å². The van der Waals surface area contributed by atoms with Gasteiger partial charge in [0.25, 0.3) is 0 Å². The Hall–Kier alpha value is -1.09. The molecule has 0 saturated heterocycles. The zero-order valence-electron chi connectivity index (χ0n) is 7.59. The zero-order valence-corrected chi connectivity index (χ0v) is 7.59. The molecule has 0 amide bonds. The molecule has 0 aromatic carbocycles. The first-order valence-electron chi connectivity index (χ1n) is 4.15. The number of rotatable bonds is 3. The van der Waals surface area contributed by atoms with Crippen LogP contribution in [0.3, 0.4) is 0 Å². The summed E-state index contributed by atoms with van der Waals surface area (Å²) in [5, 5.41) is 3.20. The van der Waals surface area contributed by atoms with Crippen molar-refractivity contribution in [1.82, 2.24) is 10.3 Å². The smallest absolute Gasteiger partial charge is 0.0393 e. The standard InChI is InChI=1S/C9H15N3/c1-3-11-5-8-6-12-7(2)4-9(8)10/h4,6,11H,3,5H2,1-2H3,(H2,10,12). The molecule has 0 aliphatic carbocycles. The summed E-state index contributed by atoms with van der Waals surface area (Å²) in [5.74, 6) is 0. The van der Waals surface area contributed by atoms with Crippen molar-refractivity contribution in [3.63, 3.8) is 0 Å². The van der Waals surface area contributed by atoms with Crippen molar-refractivity contribution in [2.24, 2.45) is 0 Å². The summed E-state index contributed by atoms with van der Waals surface area (Å²) in [7, 11) is 0. The monoisotopic (exact) mass is 165 g/mol. The molecule has 0 aliphatic rings. The number of nitrogens with zero attached hydrogens (tertiary/aromatic N) is 1. The molecule has 0 unspecified atom stereocenters. The topological polar surface area (TPSA) is 50.9 Å². The number of hydrogen-bond donors (Lipinski definition) is 2. The second-order valence-corrected chi connectivity index (χ2v) is 2.80. The third-order valence-corrected chi connectivity index (χ3v) is 1.72. The first-order chi connectivity index (χ1) is 5.74. The van der Waals surface area contributed by atoms with Gasteiger partial charge in [0.2, 0.25) is 0 Å². The predicted octanol–water partition coefficient (Wildman–Crippen LogP) is 1.08. The van der Waals surface area contributed by atoms with Crippen LogP contribution in [-0.4, -0.2) is 11.5 Å². The molecular weight excluding hydrogens is 150 g/mol. The van der Waals surface area contributed by atoms with Gasteiger partial charge in [-0.1, -0.05) is 6.92 Å². The molecule has 0 spiro atoms. The van der Waals surface area contributed by atoms with E-state index in [1.807, 2.05) is 19.2 Å². The lowest BCUT2D eigenvalue weighted by Crippen LogP contribution is -2.13. The number of hydrogen-bond acceptors (Lipinski definition) is 3. The van der Waals surface area contributed by atoms with Crippen LogP contribution in [0, 0.1) is 6.92 Å². The fourth-order valence-electron chi connectivity index (χ4n) is 1.02. The number of nitrogens with two attached hydrogens (primary N) is 1. The van der Waals surface area contributed by atoms with Crippen LogP contribution >= 0.6 is 0 Å². The molecule has 3 heteroatoms. The molecule has 1 heterocycles. The predicted molar refractivity (Wildman–Crippen MR) is 50.8 cm³/mol. The van der Waals surface area contributed by atoms with Crippen molar-refractivity contribution in [3.8, 4) is 0 Å². The van der Waals surface area contributed by atoms with Crippen LogP contribution in [0.2, 0.25) is 0 Å². The van der Waals surface area contributed by atoms with E-state index in [9.17, 15) is 0 Å². The molecule has 0 bridgehead atoms. The molecule has 1 aromatic rings. The van der Waals surface area contributed by atoms with E-state index in [0.29, 0.717) is 0 Å². The number of nitrogens with one attached hydrogen (secondary N) is 1. The number of nitrogen functional groups attached to an aromatic ring is 1. The SMILES string of the molecule is CCNCc1cnc(C)cc1N. The zero-order chi connectivity index (χ0) is 8.97. The van der Waals surface area contributed by atoms with Crippen molar-refractivity contribution >= 4 is 5.69 Å². The van der Waals surface area contributed by atoms with Crippen molar-refractivity contribution in [3.05, 3.63) is 23.5 Å². The number of aromatic nitrogens is 1. The molecule has 0 fully saturated rings. The average Bonchev–Trinajstić information content (AvgIpc) is 2.03. The van der Waals surface area contributed by atoms with Gasteiger partial charge in [-0.3, -0.25) is 4.98 Å². The minimum Gasteiger partial charge on any atom is -0.398 e. The van der Waals surface area contributed by atoms with Gasteiger partial charge in [-0.2, -0.15) is 0 Å². The van der Waals surface area contributed by atoms with E-state index >= 15 is 0 Å². The molecule has 66 valence electrons. The Balaban J connectivity index is 2.72. The highest BCUT2D eigenvalue weighted by Crippen LogP contribution is 2.10. The van der Waals surface area contributed by atoms with E-state index in [2.05, 4.69) is 17.2 Å². The van der Waals surface area contributed by atoms with E-state index in [4.69, 9.17) is 5.73 Å². The Bertz CT molecular complexity index is 258. The lowest BCUT2D eigenvalue weighted by atomic mass is 10.2. The van der Waals surface area contributed by atoms with Crippen LogP contribution in [0.4, 0.5) is 5.69 Å². The maximum absolute atomic E-state index is 5.78. The number of pyridine rings is 1. The highest BCUT2D eigenvalue weighted by molar-refractivity contribution is 5.46. The summed E-state index contributed by atoms with van der Waals surface area (Å²) in [6.07, 6.45) is 1.83. The van der Waals surface area contributed by atoms with E-state index in [0.717, 1.165) is 30.0 Å². The summed E-state index contributed by atoms with van der Waals surface area (Å²) >= 11 is 0. The fourth-order valence-corrected chi connectivity index (χ4v) is 1.02. The number of aryl methyl sites for hydroxylation is 1. The minimum atomic E-state index is 0.801. The molecule has 0 saturated carbocycles. The van der Waals surface area contributed by atoms with E-state index < -0.39 is 0 Å². The quantitative estimate of drug-likeness (QED) is 0.704. The van der Waals surface area contributed by atoms with E-state index in [-0.39, 0.29) is 0 Å². The van der Waals surface area contributed by atoms with Gasteiger partial charge < -0.3 is 11.1 Å². The summed E-state index contributed by atoms with van der Waals surface area (Å²) < 4.78 is 0. The molecule has 0 radical (unpaired) electrons. The van der Waals surface area contributed by atoms with Gasteiger partial charge >= 0.3 is 0 Å². The van der Waals surface area contributed by atoms with Gasteiger partial charge in [-0.15, -0.1) is 0 Å². The second-order valence-electron chi connectivity index (χ2n) is 2.80. The Morgan fingerprint density at radius 2 is 2.33 bits per heavy atom. The third-order valence-electron chi connectivity index (χ3n) is 1.72. The molecule has 3 nitrogen and oxygen atoms in total. The largest absolute Gasteiger partial charge is 0.398 e. The molecule has 1 rings (SSSR count). The average molecular weight is 165 g/mol. The molecule has 0 atom stereocenters. The Morgan fingerprint density at radius 1 is 1.58 bits per heavy atom. The number of anilines is 1. The van der Waals surface area contributed by atoms with Gasteiger partial charge in [0.1, 0.15) is 0 Å². The van der Waals surface area contributed by atoms with Gasteiger partial charge in [0, 0.05) is 29.7 Å². The lowest BCUT2D eigenvalue weighted by Gasteiger charge is -2.05. The van der Waals surface area contributed by atoms with Gasteiger partial charge in [0.15, 0.2) is 0 Å². The van der Waals surface area contributed by atoms with Crippen LogP contribution in [0.5, 0.6) is 0 Å². The summed E-state index contributed by atoms with van der Waals surface area (Å²) in [5.41, 5.74) is 8.64. The first kappa shape index (κ1) is 9.00. The third kappa shape index (κ3) is 2.20. The maximum atomic E-state index is 5.78. The molecule has 1 aromatic heterocycles. The normalized spacial score (nSPS) is 10.2. The molecular formula is C9H15N3. The van der Waals surface area contributed by atoms with E-state index in [1.165, 1.54) is 0 Å². The van der Waals surface area contributed by atoms with Crippen LogP contribution in [0.15, 0.2) is 12.3 Å². The summed E-state index contributed by atoms with van der Waals surface area (Å²) in [4.78, 5) is 4.17. The first-order valence-corrected chi connectivity index (χ1v) is 4.15. The minimum absolute atomic E-state index is 0.801. The van der Waals surface area contributed by atoms with Gasteiger partial charge in [-0.25, -0.2) is 0 Å². The van der Waals surface area contributed by atoms with E-state index in [1.54, 1.807) is 0 Å². The highest BCUT2D eigenvalue weighted by atomic mass is 14.8. The summed E-state index contributed by atoms with van der Waals surface area (Å²) in [6.45, 7) is 5.76. The molecule has 3 N–H and O–H groups in total. The maximum Gasteiger partial charge on any atom is 0.0393 e. The van der Waals surface area contributed by atoms with Crippen molar-refractivity contribution in [1.29, 1.82) is 0 Å². The lowest BCUT2D eigenvalue weighted by molar-refractivity contribution is 0.725. The molecule has 0 aliphatic heterocycles. The summed E-state index contributed by atoms with van der Waals surface area (Å²) in [6, 6.07) is 1.90. The van der Waals surface area contributed by atoms with Crippen LogP contribution in [0.25, 0.3) is 0 Å². The van der Waals surface area contributed by atoms with Crippen LogP contribution in [0.1, 0.15) is 18.2 Å². The van der Waals surface area contributed by atoms with Gasteiger partial charge in [-0.05, 0) is 19.5 Å². The van der Waals surface area contributed by atoms with Crippen molar-refractivity contribution < 1.29 is 0 Å². The Kier molecular flexibility index (Phi) is 3.05. The van der Waals surface area contributed by atoms with Gasteiger partial charge in [0.05, 0.1) is 0 Å². The second kappa shape index (κ2) is 4.07. The van der Waals surface area contributed by atoms with Crippen LogP contribution < -0.4 is 11.1 Å².